The third-order valence-corrected chi connectivity index (χ3v) is 3.70. The number of nitrogens with zero attached hydrogens (tertiary/aromatic N) is 2. The fourth-order valence-electron chi connectivity index (χ4n) is 2.34. The molecule has 0 aromatic heterocycles. The van der Waals surface area contributed by atoms with E-state index in [2.05, 4.69) is 0 Å². The predicted octanol–water partition coefficient (Wildman–Crippen LogP) is 2.08. The van der Waals surface area contributed by atoms with Crippen molar-refractivity contribution < 1.29 is 37.9 Å². The maximum absolute atomic E-state index is 13.1. The summed E-state index contributed by atoms with van der Waals surface area (Å²) in [4.78, 5) is 34.6. The monoisotopic (exact) mass is 362 g/mol. The minimum Gasteiger partial charge on any atom is -0.504 e. The Hall–Kier alpha value is -2.85. The number of aromatic hydroxyl groups is 2. The Balaban J connectivity index is 2.53. The molecule has 25 heavy (non-hydrogen) atoms. The van der Waals surface area contributed by atoms with Gasteiger partial charge in [-0.3, -0.25) is 19.7 Å². The van der Waals surface area contributed by atoms with Crippen LogP contribution in [0.5, 0.6) is 11.5 Å². The molecule has 0 spiro atoms. The summed E-state index contributed by atoms with van der Waals surface area (Å²) >= 11 is 0. The van der Waals surface area contributed by atoms with E-state index in [1.807, 2.05) is 0 Å². The summed E-state index contributed by atoms with van der Waals surface area (Å²) < 4.78 is 39.4. The number of rotatable bonds is 5. The first-order valence-corrected chi connectivity index (χ1v) is 7.03. The number of carbonyl (C=O) groups is 2. The number of phenolic OH excluding ortho intramolecular Hbond substituents is 2. The number of nitro benzene ring substituents is 1. The van der Waals surface area contributed by atoms with Crippen molar-refractivity contribution in [2.75, 3.05) is 13.6 Å². The molecule has 0 atom stereocenters. The van der Waals surface area contributed by atoms with Gasteiger partial charge in [0, 0.05) is 13.0 Å². The van der Waals surface area contributed by atoms with Gasteiger partial charge in [0.2, 0.25) is 11.7 Å². The van der Waals surface area contributed by atoms with Gasteiger partial charge in [-0.05, 0) is 18.9 Å². The Morgan fingerprint density at radius 1 is 1.36 bits per heavy atom. The van der Waals surface area contributed by atoms with Crippen LogP contribution in [-0.4, -0.2) is 45.3 Å². The lowest BCUT2D eigenvalue weighted by molar-refractivity contribution is -0.386. The second-order valence-electron chi connectivity index (χ2n) is 5.66. The smallest absolute Gasteiger partial charge is 0.417 e. The number of nitro groups is 1. The van der Waals surface area contributed by atoms with Crippen molar-refractivity contribution in [1.82, 2.24) is 4.90 Å². The fourth-order valence-corrected chi connectivity index (χ4v) is 2.34. The molecule has 11 heteroatoms. The van der Waals surface area contributed by atoms with Crippen LogP contribution in [0.15, 0.2) is 6.07 Å². The van der Waals surface area contributed by atoms with Gasteiger partial charge in [-0.15, -0.1) is 0 Å². The average Bonchev–Trinajstić information content (AvgIpc) is 3.31. The summed E-state index contributed by atoms with van der Waals surface area (Å²) in [5, 5.41) is 29.9. The number of hydrogen-bond donors (Lipinski definition) is 2. The van der Waals surface area contributed by atoms with Gasteiger partial charge in [-0.1, -0.05) is 0 Å². The largest absolute Gasteiger partial charge is 0.504 e. The maximum atomic E-state index is 13.1. The lowest BCUT2D eigenvalue weighted by atomic mass is 9.98. The van der Waals surface area contributed by atoms with Crippen molar-refractivity contribution in [2.24, 2.45) is 5.92 Å². The molecular formula is C14H13F3N2O6. The van der Waals surface area contributed by atoms with E-state index in [1.165, 1.54) is 7.05 Å². The van der Waals surface area contributed by atoms with Crippen LogP contribution >= 0.6 is 0 Å². The molecule has 0 saturated heterocycles. The van der Waals surface area contributed by atoms with E-state index in [1.54, 1.807) is 0 Å². The number of ketones is 1. The molecule has 1 aromatic rings. The van der Waals surface area contributed by atoms with Crippen LogP contribution < -0.4 is 0 Å². The lowest BCUT2D eigenvalue weighted by Gasteiger charge is -2.18. The first-order chi connectivity index (χ1) is 11.4. The van der Waals surface area contributed by atoms with Gasteiger partial charge < -0.3 is 15.1 Å². The zero-order valence-electron chi connectivity index (χ0n) is 12.8. The van der Waals surface area contributed by atoms with Crippen LogP contribution in [-0.2, 0) is 11.0 Å². The Bertz CT molecular complexity index is 758. The van der Waals surface area contributed by atoms with E-state index >= 15 is 0 Å². The third-order valence-electron chi connectivity index (χ3n) is 3.70. The number of phenols is 2. The fraction of sp³-hybridized carbons (Fsp3) is 0.429. The zero-order chi connectivity index (χ0) is 19.1. The molecule has 1 aromatic carbocycles. The van der Waals surface area contributed by atoms with Gasteiger partial charge in [0.25, 0.3) is 0 Å². The third kappa shape index (κ3) is 3.64. The Morgan fingerprint density at radius 3 is 2.36 bits per heavy atom. The molecule has 2 N–H and O–H groups in total. The number of amides is 1. The Morgan fingerprint density at radius 2 is 1.92 bits per heavy atom. The lowest BCUT2D eigenvalue weighted by Crippen LogP contribution is -2.34. The number of likely N-dealkylation sites (N-methyl/N-ethyl adjacent to an activating group) is 1. The highest BCUT2D eigenvalue weighted by molar-refractivity contribution is 6.05. The summed E-state index contributed by atoms with van der Waals surface area (Å²) in [7, 11) is 1.19. The molecule has 1 fully saturated rings. The molecular weight excluding hydrogens is 349 g/mol. The highest BCUT2D eigenvalue weighted by atomic mass is 19.4. The topological polar surface area (TPSA) is 121 Å². The van der Waals surface area contributed by atoms with Gasteiger partial charge in [-0.2, -0.15) is 13.2 Å². The van der Waals surface area contributed by atoms with Crippen LogP contribution in [0.4, 0.5) is 18.9 Å². The van der Waals surface area contributed by atoms with Gasteiger partial charge in [0.15, 0.2) is 11.5 Å². The summed E-state index contributed by atoms with van der Waals surface area (Å²) in [6.45, 7) is -0.830. The summed E-state index contributed by atoms with van der Waals surface area (Å²) in [5.41, 5.74) is -4.71. The van der Waals surface area contributed by atoms with Crippen LogP contribution in [0.3, 0.4) is 0 Å². The average molecular weight is 362 g/mol. The minimum atomic E-state index is -5.19. The van der Waals surface area contributed by atoms with E-state index in [9.17, 15) is 43.1 Å². The second kappa shape index (κ2) is 6.22. The summed E-state index contributed by atoms with van der Waals surface area (Å²) in [6, 6.07) is 0.0400. The van der Waals surface area contributed by atoms with Gasteiger partial charge in [0.1, 0.15) is 5.56 Å². The molecule has 0 bridgehead atoms. The predicted molar refractivity (Wildman–Crippen MR) is 76.1 cm³/mol. The normalized spacial score (nSPS) is 14.2. The Labute approximate surface area is 138 Å². The van der Waals surface area contributed by atoms with Crippen molar-refractivity contribution in [3.05, 3.63) is 27.3 Å². The van der Waals surface area contributed by atoms with E-state index < -0.39 is 57.6 Å². The van der Waals surface area contributed by atoms with Gasteiger partial charge in [0.05, 0.1) is 17.0 Å². The molecule has 8 nitrogen and oxygen atoms in total. The van der Waals surface area contributed by atoms with Crippen molar-refractivity contribution >= 4 is 17.4 Å². The van der Waals surface area contributed by atoms with Crippen LogP contribution in [0, 0.1) is 16.0 Å². The molecule has 1 amide bonds. The van der Waals surface area contributed by atoms with Crippen LogP contribution in [0.2, 0.25) is 0 Å². The van der Waals surface area contributed by atoms with E-state index in [0.717, 1.165) is 4.90 Å². The molecule has 0 unspecified atom stereocenters. The zero-order valence-corrected chi connectivity index (χ0v) is 12.8. The molecule has 0 heterocycles. The maximum Gasteiger partial charge on any atom is 0.417 e. The second-order valence-corrected chi connectivity index (χ2v) is 5.66. The number of carbonyl (C=O) groups excluding carboxylic acids is 2. The minimum absolute atomic E-state index is 0.0400. The first-order valence-electron chi connectivity index (χ1n) is 7.03. The number of benzene rings is 1. The molecule has 136 valence electrons. The number of Topliss-reactive ketones (excluding diaryl/α,β-unsaturated/α-hetero) is 1. The van der Waals surface area contributed by atoms with E-state index in [-0.39, 0.29) is 12.0 Å². The van der Waals surface area contributed by atoms with Gasteiger partial charge >= 0.3 is 11.9 Å². The highest BCUT2D eigenvalue weighted by Gasteiger charge is 2.43. The van der Waals surface area contributed by atoms with E-state index in [0.29, 0.717) is 12.8 Å². The van der Waals surface area contributed by atoms with E-state index in [4.69, 9.17) is 0 Å². The highest BCUT2D eigenvalue weighted by Crippen LogP contribution is 2.45. The molecule has 1 aliphatic rings. The number of halogens is 3. The standard InChI is InChI=1S/C14H13F3N2O6/c1-18(13(23)6-2-3-6)5-9(21)10-7(14(15,16)17)4-8(20)12(22)11(10)19(24)25/h4,6,20,22H,2-3,5H2,1H3. The quantitative estimate of drug-likeness (QED) is 0.358. The SMILES string of the molecule is CN(CC(=O)c1c(C(F)(F)F)cc(O)c(O)c1[N+](=O)[O-])C(=O)C1CC1. The molecule has 1 saturated carbocycles. The van der Waals surface area contributed by atoms with Crippen LogP contribution in [0.25, 0.3) is 0 Å². The van der Waals surface area contributed by atoms with Crippen molar-refractivity contribution in [2.45, 2.75) is 19.0 Å². The van der Waals surface area contributed by atoms with Crippen molar-refractivity contribution in [3.8, 4) is 11.5 Å². The summed E-state index contributed by atoms with van der Waals surface area (Å²) in [5.74, 6) is -4.95. The molecule has 1 aliphatic carbocycles. The summed E-state index contributed by atoms with van der Waals surface area (Å²) in [6.07, 6.45) is -3.99. The number of hydrogen-bond acceptors (Lipinski definition) is 6. The van der Waals surface area contributed by atoms with Gasteiger partial charge in [-0.25, -0.2) is 0 Å². The molecule has 0 aliphatic heterocycles. The van der Waals surface area contributed by atoms with Crippen LogP contribution in [0.1, 0.15) is 28.8 Å². The van der Waals surface area contributed by atoms with Crippen molar-refractivity contribution in [1.29, 1.82) is 0 Å². The number of alkyl halides is 3. The Kier molecular flexibility index (Phi) is 4.60. The molecule has 2 rings (SSSR count). The first kappa shape index (κ1) is 18.5. The molecule has 0 radical (unpaired) electrons. The van der Waals surface area contributed by atoms with Crippen molar-refractivity contribution in [3.63, 3.8) is 0 Å².